The fourth-order valence-corrected chi connectivity index (χ4v) is 4.00. The van der Waals surface area contributed by atoms with Crippen LogP contribution in [0.5, 0.6) is 0 Å². The molecule has 0 aliphatic carbocycles. The normalized spacial score (nSPS) is 17.1. The second-order valence-corrected chi connectivity index (χ2v) is 7.87. The number of fused-ring (bicyclic) bond motifs is 1. The first-order valence-electron chi connectivity index (χ1n) is 7.79. The summed E-state index contributed by atoms with van der Waals surface area (Å²) in [6.45, 7) is 0. The van der Waals surface area contributed by atoms with Crippen molar-refractivity contribution >= 4 is 80.3 Å². The molecule has 27 heavy (non-hydrogen) atoms. The number of nitrogens with zero attached hydrogens (tertiary/aromatic N) is 2. The molecule has 4 nitrogen and oxygen atoms in total. The molecule has 1 aromatic heterocycles. The maximum Gasteiger partial charge on any atom is 0.264 e. The molecule has 0 atom stereocenters. The molecular formula is C19H10Cl3N3OS. The SMILES string of the molecule is O=C1NC(=Nc2c(Cl)cccc2Cl)S/C1=C\c1ccc2nc(Cl)ccc2c1. The lowest BCUT2D eigenvalue weighted by molar-refractivity contribution is -0.115. The van der Waals surface area contributed by atoms with Crippen LogP contribution < -0.4 is 5.32 Å². The average Bonchev–Trinajstić information content (AvgIpc) is 2.98. The van der Waals surface area contributed by atoms with E-state index in [2.05, 4.69) is 15.3 Å². The maximum atomic E-state index is 12.3. The lowest BCUT2D eigenvalue weighted by Crippen LogP contribution is -2.19. The Balaban J connectivity index is 1.64. The molecule has 1 N–H and O–H groups in total. The van der Waals surface area contributed by atoms with Gasteiger partial charge in [-0.25, -0.2) is 9.98 Å². The Labute approximate surface area is 174 Å². The molecule has 4 rings (SSSR count). The van der Waals surface area contributed by atoms with Gasteiger partial charge in [-0.1, -0.05) is 46.9 Å². The number of carbonyl (C=O) groups excluding carboxylic acids is 1. The lowest BCUT2D eigenvalue weighted by Gasteiger charge is -2.01. The van der Waals surface area contributed by atoms with E-state index in [1.807, 2.05) is 24.3 Å². The largest absolute Gasteiger partial charge is 0.300 e. The highest BCUT2D eigenvalue weighted by Crippen LogP contribution is 2.35. The summed E-state index contributed by atoms with van der Waals surface area (Å²) < 4.78 is 0. The number of benzene rings is 2. The summed E-state index contributed by atoms with van der Waals surface area (Å²) in [7, 11) is 0. The lowest BCUT2D eigenvalue weighted by atomic mass is 10.1. The summed E-state index contributed by atoms with van der Waals surface area (Å²) >= 11 is 19.4. The predicted molar refractivity (Wildman–Crippen MR) is 114 cm³/mol. The van der Waals surface area contributed by atoms with Crippen molar-refractivity contribution in [1.29, 1.82) is 0 Å². The number of pyridine rings is 1. The first-order chi connectivity index (χ1) is 13.0. The molecule has 1 fully saturated rings. The highest BCUT2D eigenvalue weighted by molar-refractivity contribution is 8.18. The number of aromatic nitrogens is 1. The minimum Gasteiger partial charge on any atom is -0.300 e. The van der Waals surface area contributed by atoms with Crippen molar-refractivity contribution in [2.45, 2.75) is 0 Å². The number of carbonyl (C=O) groups is 1. The molecule has 134 valence electrons. The summed E-state index contributed by atoms with van der Waals surface area (Å²) in [4.78, 5) is 21.4. The summed E-state index contributed by atoms with van der Waals surface area (Å²) in [6.07, 6.45) is 1.80. The molecular weight excluding hydrogens is 425 g/mol. The summed E-state index contributed by atoms with van der Waals surface area (Å²) in [5.74, 6) is -0.226. The second kappa shape index (κ2) is 7.52. The third-order valence-corrected chi connectivity index (χ3v) is 5.51. The molecule has 0 saturated carbocycles. The maximum absolute atomic E-state index is 12.3. The van der Waals surface area contributed by atoms with Gasteiger partial charge in [-0.3, -0.25) is 4.79 Å². The number of hydrogen-bond donors (Lipinski definition) is 1. The Morgan fingerprint density at radius 2 is 1.81 bits per heavy atom. The molecule has 2 heterocycles. The van der Waals surface area contributed by atoms with Gasteiger partial charge >= 0.3 is 0 Å². The zero-order valence-electron chi connectivity index (χ0n) is 13.5. The Bertz CT molecular complexity index is 1120. The van der Waals surface area contributed by atoms with Crippen molar-refractivity contribution in [1.82, 2.24) is 10.3 Å². The Morgan fingerprint density at radius 1 is 1.04 bits per heavy atom. The number of rotatable bonds is 2. The monoisotopic (exact) mass is 433 g/mol. The quantitative estimate of drug-likeness (QED) is 0.392. The molecule has 8 heteroatoms. The topological polar surface area (TPSA) is 54.4 Å². The zero-order valence-corrected chi connectivity index (χ0v) is 16.6. The van der Waals surface area contributed by atoms with Crippen molar-refractivity contribution < 1.29 is 4.79 Å². The van der Waals surface area contributed by atoms with Crippen molar-refractivity contribution in [3.8, 4) is 0 Å². The van der Waals surface area contributed by atoms with E-state index in [4.69, 9.17) is 34.8 Å². The van der Waals surface area contributed by atoms with Gasteiger partial charge in [-0.05, 0) is 59.8 Å². The summed E-state index contributed by atoms with van der Waals surface area (Å²) in [5.41, 5.74) is 2.10. The minimum absolute atomic E-state index is 0.226. The first kappa shape index (κ1) is 18.3. The van der Waals surface area contributed by atoms with Gasteiger partial charge in [0.15, 0.2) is 5.17 Å². The molecule has 0 spiro atoms. The van der Waals surface area contributed by atoms with Gasteiger partial charge in [-0.15, -0.1) is 0 Å². The van der Waals surface area contributed by atoms with E-state index in [-0.39, 0.29) is 5.91 Å². The van der Waals surface area contributed by atoms with Gasteiger partial charge in [0.25, 0.3) is 5.91 Å². The number of amides is 1. The van der Waals surface area contributed by atoms with Crippen molar-refractivity contribution in [3.63, 3.8) is 0 Å². The predicted octanol–water partition coefficient (Wildman–Crippen LogP) is 6.09. The standard InChI is InChI=1S/C19H10Cl3N3OS/c20-12-2-1-3-13(21)17(12)24-19-25-18(26)15(27-19)9-10-4-6-14-11(8-10)5-7-16(22)23-14/h1-9H,(H,24,25,26)/b15-9-. The van der Waals surface area contributed by atoms with Crippen LogP contribution in [0.3, 0.4) is 0 Å². The van der Waals surface area contributed by atoms with Crippen LogP contribution in [0.2, 0.25) is 15.2 Å². The van der Waals surface area contributed by atoms with E-state index in [0.717, 1.165) is 16.5 Å². The van der Waals surface area contributed by atoms with Crippen LogP contribution in [0.4, 0.5) is 5.69 Å². The van der Waals surface area contributed by atoms with E-state index in [1.54, 1.807) is 30.3 Å². The highest BCUT2D eigenvalue weighted by Gasteiger charge is 2.24. The van der Waals surface area contributed by atoms with Crippen LogP contribution in [-0.2, 0) is 4.79 Å². The van der Waals surface area contributed by atoms with E-state index in [1.165, 1.54) is 11.8 Å². The fourth-order valence-electron chi connectivity index (χ4n) is 2.54. The van der Waals surface area contributed by atoms with Crippen molar-refractivity contribution in [2.24, 2.45) is 4.99 Å². The molecule has 2 aromatic carbocycles. The minimum atomic E-state index is -0.226. The Hall–Kier alpha value is -2.05. The number of para-hydroxylation sites is 1. The van der Waals surface area contributed by atoms with Gasteiger partial charge < -0.3 is 5.32 Å². The Morgan fingerprint density at radius 3 is 2.59 bits per heavy atom. The highest BCUT2D eigenvalue weighted by atomic mass is 35.5. The Kier molecular flexibility index (Phi) is 5.10. The second-order valence-electron chi connectivity index (χ2n) is 5.64. The van der Waals surface area contributed by atoms with Crippen LogP contribution >= 0.6 is 46.6 Å². The van der Waals surface area contributed by atoms with E-state index in [9.17, 15) is 4.79 Å². The van der Waals surface area contributed by atoms with Crippen LogP contribution in [0, 0.1) is 0 Å². The van der Waals surface area contributed by atoms with Gasteiger partial charge in [0, 0.05) is 5.39 Å². The number of hydrogen-bond acceptors (Lipinski definition) is 4. The number of thioether (sulfide) groups is 1. The fraction of sp³-hybridized carbons (Fsp3) is 0. The van der Waals surface area contributed by atoms with E-state index >= 15 is 0 Å². The van der Waals surface area contributed by atoms with Crippen LogP contribution in [0.1, 0.15) is 5.56 Å². The molecule has 1 aliphatic heterocycles. The third kappa shape index (κ3) is 3.96. The smallest absolute Gasteiger partial charge is 0.264 e. The summed E-state index contributed by atoms with van der Waals surface area (Å²) in [6, 6.07) is 14.4. The number of halogens is 3. The van der Waals surface area contributed by atoms with Crippen LogP contribution in [-0.4, -0.2) is 16.1 Å². The zero-order chi connectivity index (χ0) is 19.0. The van der Waals surface area contributed by atoms with Crippen LogP contribution in [0.15, 0.2) is 58.4 Å². The summed E-state index contributed by atoms with van der Waals surface area (Å²) in [5, 5.41) is 5.38. The molecule has 3 aromatic rings. The van der Waals surface area contributed by atoms with Gasteiger partial charge in [0.05, 0.1) is 20.5 Å². The number of aliphatic imine (C=N–C) groups is 1. The molecule has 1 amide bonds. The number of nitrogens with one attached hydrogen (secondary N) is 1. The average molecular weight is 435 g/mol. The molecule has 0 radical (unpaired) electrons. The molecule has 0 unspecified atom stereocenters. The van der Waals surface area contributed by atoms with Crippen LogP contribution in [0.25, 0.3) is 17.0 Å². The van der Waals surface area contributed by atoms with Gasteiger partial charge in [0.1, 0.15) is 10.8 Å². The van der Waals surface area contributed by atoms with E-state index < -0.39 is 0 Å². The first-order valence-corrected chi connectivity index (χ1v) is 9.74. The third-order valence-electron chi connectivity index (χ3n) is 3.78. The molecule has 1 saturated heterocycles. The van der Waals surface area contributed by atoms with Crippen molar-refractivity contribution in [2.75, 3.05) is 0 Å². The van der Waals surface area contributed by atoms with Gasteiger partial charge in [-0.2, -0.15) is 0 Å². The van der Waals surface area contributed by atoms with Gasteiger partial charge in [0.2, 0.25) is 0 Å². The van der Waals surface area contributed by atoms with Crippen molar-refractivity contribution in [3.05, 3.63) is 74.2 Å². The number of amidine groups is 1. The van der Waals surface area contributed by atoms with E-state index in [0.29, 0.717) is 31.0 Å². The molecule has 0 bridgehead atoms. The molecule has 1 aliphatic rings.